The predicted molar refractivity (Wildman–Crippen MR) is 195 cm³/mol. The average molecular weight is 612 g/mol. The zero-order valence-electron chi connectivity index (χ0n) is 25.6. The molecular formula is C42H36Cl2. The van der Waals surface area contributed by atoms with Crippen LogP contribution in [0.25, 0.3) is 65.3 Å². The van der Waals surface area contributed by atoms with Gasteiger partial charge >= 0.3 is 0 Å². The van der Waals surface area contributed by atoms with Crippen LogP contribution in [-0.4, -0.2) is 0 Å². The smallest absolute Gasteiger partial charge is 0.0491 e. The number of fused-ring (bicyclic) bond motifs is 2. The fraction of sp³-hybridized carbons (Fsp3) is 0.190. The quantitative estimate of drug-likeness (QED) is 0.0911. The molecule has 0 saturated heterocycles. The molecule has 0 unspecified atom stereocenters. The van der Waals surface area contributed by atoms with Crippen molar-refractivity contribution in [3.05, 3.63) is 130 Å². The highest BCUT2D eigenvalue weighted by atomic mass is 35.5. The fourth-order valence-electron chi connectivity index (χ4n) is 6.99. The molecule has 44 heavy (non-hydrogen) atoms. The molecule has 7 aromatic carbocycles. The molecule has 7 aromatic rings. The summed E-state index contributed by atoms with van der Waals surface area (Å²) in [5.74, 6) is 0.723. The summed E-state index contributed by atoms with van der Waals surface area (Å²) in [4.78, 5) is 0. The molecule has 0 aliphatic carbocycles. The van der Waals surface area contributed by atoms with Crippen LogP contribution < -0.4 is 0 Å². The maximum absolute atomic E-state index is 6.99. The minimum Gasteiger partial charge on any atom is -0.0859 e. The molecule has 0 amide bonds. The maximum Gasteiger partial charge on any atom is 0.0491 e. The van der Waals surface area contributed by atoms with E-state index in [1.807, 2.05) is 6.07 Å². The molecule has 0 N–H and O–H groups in total. The SMILES string of the molecule is CC(C)=CCC[C@H](C)CCc1ccc(-c2ccccc2-c2ccc3c4c(Cl)ccc5cccc(c6c(Cl)ccc2c36)c54)cc1. The van der Waals surface area contributed by atoms with Crippen LogP contribution in [-0.2, 0) is 6.42 Å². The van der Waals surface area contributed by atoms with Gasteiger partial charge in [-0.15, -0.1) is 0 Å². The van der Waals surface area contributed by atoms with Gasteiger partial charge in [-0.3, -0.25) is 0 Å². The van der Waals surface area contributed by atoms with Gasteiger partial charge in [0.2, 0.25) is 0 Å². The van der Waals surface area contributed by atoms with Crippen molar-refractivity contribution in [1.82, 2.24) is 0 Å². The van der Waals surface area contributed by atoms with Crippen LogP contribution in [0.5, 0.6) is 0 Å². The first kappa shape index (κ1) is 28.9. The summed E-state index contributed by atoms with van der Waals surface area (Å²) < 4.78 is 0. The topological polar surface area (TPSA) is 0 Å². The Hall–Kier alpha value is -3.84. The molecule has 0 saturated carbocycles. The van der Waals surface area contributed by atoms with Gasteiger partial charge in [-0.05, 0) is 118 Å². The predicted octanol–water partition coefficient (Wildman–Crippen LogP) is 13.7. The fourth-order valence-corrected chi connectivity index (χ4v) is 7.51. The minimum absolute atomic E-state index is 0.723. The van der Waals surface area contributed by atoms with Crippen LogP contribution in [0.3, 0.4) is 0 Å². The number of halogens is 2. The van der Waals surface area contributed by atoms with Crippen LogP contribution in [0, 0.1) is 5.92 Å². The van der Waals surface area contributed by atoms with E-state index in [0.29, 0.717) is 0 Å². The Labute approximate surface area is 270 Å². The van der Waals surface area contributed by atoms with E-state index >= 15 is 0 Å². The molecule has 2 heteroatoms. The van der Waals surface area contributed by atoms with Gasteiger partial charge in [-0.25, -0.2) is 0 Å². The van der Waals surface area contributed by atoms with Gasteiger partial charge in [0.25, 0.3) is 0 Å². The molecule has 1 atom stereocenters. The summed E-state index contributed by atoms with van der Waals surface area (Å²) in [6.45, 7) is 6.74. The van der Waals surface area contributed by atoms with E-state index < -0.39 is 0 Å². The van der Waals surface area contributed by atoms with E-state index in [-0.39, 0.29) is 0 Å². The van der Waals surface area contributed by atoms with Crippen LogP contribution in [0.2, 0.25) is 10.0 Å². The Morgan fingerprint density at radius 1 is 0.591 bits per heavy atom. The number of hydrogen-bond donors (Lipinski definition) is 0. The summed E-state index contributed by atoms with van der Waals surface area (Å²) in [6.07, 6.45) is 7.12. The van der Waals surface area contributed by atoms with E-state index in [2.05, 4.69) is 124 Å². The van der Waals surface area contributed by atoms with Gasteiger partial charge in [0.1, 0.15) is 0 Å². The molecule has 7 rings (SSSR count). The van der Waals surface area contributed by atoms with Crippen molar-refractivity contribution in [3.63, 3.8) is 0 Å². The Morgan fingerprint density at radius 3 is 2.05 bits per heavy atom. The van der Waals surface area contributed by atoms with Crippen LogP contribution >= 0.6 is 23.2 Å². The van der Waals surface area contributed by atoms with Gasteiger partial charge in [0.05, 0.1) is 0 Å². The summed E-state index contributed by atoms with van der Waals surface area (Å²) in [7, 11) is 0. The molecule has 0 radical (unpaired) electrons. The van der Waals surface area contributed by atoms with Crippen molar-refractivity contribution in [1.29, 1.82) is 0 Å². The van der Waals surface area contributed by atoms with Gasteiger partial charge in [-0.2, -0.15) is 0 Å². The molecule has 218 valence electrons. The first-order chi connectivity index (χ1) is 21.4. The molecule has 0 spiro atoms. The van der Waals surface area contributed by atoms with Crippen LogP contribution in [0.4, 0.5) is 0 Å². The first-order valence-corrected chi connectivity index (χ1v) is 16.5. The van der Waals surface area contributed by atoms with Gasteiger partial charge in [-0.1, -0.05) is 133 Å². The number of rotatable bonds is 8. The lowest BCUT2D eigenvalue weighted by atomic mass is 9.85. The van der Waals surface area contributed by atoms with Crippen molar-refractivity contribution < 1.29 is 0 Å². The van der Waals surface area contributed by atoms with Crippen LogP contribution in [0.15, 0.2) is 115 Å². The van der Waals surface area contributed by atoms with Crippen molar-refractivity contribution in [2.24, 2.45) is 5.92 Å². The summed E-state index contributed by atoms with van der Waals surface area (Å²) >= 11 is 13.9. The zero-order valence-corrected chi connectivity index (χ0v) is 27.1. The van der Waals surface area contributed by atoms with Gasteiger partial charge in [0.15, 0.2) is 0 Å². The molecule has 0 aliphatic heterocycles. The van der Waals surface area contributed by atoms with Crippen molar-refractivity contribution in [2.45, 2.75) is 46.5 Å². The molecular weight excluding hydrogens is 575 g/mol. The maximum atomic E-state index is 6.99. The number of aryl methyl sites for hydroxylation is 1. The normalized spacial score (nSPS) is 12.5. The lowest BCUT2D eigenvalue weighted by Crippen LogP contribution is -1.97. The largest absolute Gasteiger partial charge is 0.0859 e. The van der Waals surface area contributed by atoms with Crippen molar-refractivity contribution in [3.8, 4) is 22.3 Å². The second kappa shape index (κ2) is 11.9. The molecule has 0 nitrogen and oxygen atoms in total. The van der Waals surface area contributed by atoms with E-state index in [1.54, 1.807) is 0 Å². The lowest BCUT2D eigenvalue weighted by molar-refractivity contribution is 0.497. The number of hydrogen-bond acceptors (Lipinski definition) is 0. The molecule has 0 aromatic heterocycles. The Kier molecular flexibility index (Phi) is 7.83. The van der Waals surface area contributed by atoms with E-state index in [9.17, 15) is 0 Å². The summed E-state index contributed by atoms with van der Waals surface area (Å²) in [5, 5.41) is 10.7. The van der Waals surface area contributed by atoms with Crippen LogP contribution in [0.1, 0.15) is 45.6 Å². The monoisotopic (exact) mass is 610 g/mol. The highest BCUT2D eigenvalue weighted by Gasteiger charge is 2.20. The molecule has 0 bridgehead atoms. The highest BCUT2D eigenvalue weighted by molar-refractivity contribution is 6.47. The Bertz CT molecular complexity index is 2160. The van der Waals surface area contributed by atoms with Crippen molar-refractivity contribution in [2.75, 3.05) is 0 Å². The lowest BCUT2D eigenvalue weighted by Gasteiger charge is -2.19. The molecule has 0 heterocycles. The van der Waals surface area contributed by atoms with E-state index in [1.165, 1.54) is 74.2 Å². The number of allylic oxidation sites excluding steroid dienone is 2. The Balaban J connectivity index is 1.30. The third-order valence-electron chi connectivity index (χ3n) is 9.28. The number of benzene rings is 7. The third kappa shape index (κ3) is 5.15. The standard InChI is InChI=1S/C42H36Cl2/c1-26(2)8-6-9-27(3)14-15-28-16-18-29(19-17-28)31-11-4-5-12-32(31)33-21-22-36-40-34(33)23-25-38(44)42(40)35-13-7-10-30-20-24-37(43)41(36)39(30)35/h4-5,7-8,10-13,16-25,27H,6,9,14-15H2,1-3H3/t27-/m0/s1. The van der Waals surface area contributed by atoms with Gasteiger partial charge < -0.3 is 0 Å². The molecule has 0 aliphatic rings. The first-order valence-electron chi connectivity index (χ1n) is 15.7. The molecule has 0 fully saturated rings. The van der Waals surface area contributed by atoms with E-state index in [4.69, 9.17) is 23.2 Å². The van der Waals surface area contributed by atoms with Gasteiger partial charge in [0, 0.05) is 20.8 Å². The third-order valence-corrected chi connectivity index (χ3v) is 9.91. The zero-order chi connectivity index (χ0) is 30.4. The minimum atomic E-state index is 0.723. The van der Waals surface area contributed by atoms with Crippen molar-refractivity contribution >= 4 is 66.3 Å². The second-order valence-electron chi connectivity index (χ2n) is 12.6. The second-order valence-corrected chi connectivity index (χ2v) is 13.4. The summed E-state index contributed by atoms with van der Waals surface area (Å²) in [6, 6.07) is 37.3. The Morgan fingerprint density at radius 2 is 1.27 bits per heavy atom. The highest BCUT2D eigenvalue weighted by Crippen LogP contribution is 2.48. The average Bonchev–Trinajstić information content (AvgIpc) is 3.03. The summed E-state index contributed by atoms with van der Waals surface area (Å²) in [5.41, 5.74) is 7.71. The van der Waals surface area contributed by atoms with E-state index in [0.717, 1.165) is 43.9 Å².